The van der Waals surface area contributed by atoms with Gasteiger partial charge in [-0.2, -0.15) is 10.1 Å². The van der Waals surface area contributed by atoms with Crippen LogP contribution in [0.25, 0.3) is 0 Å². The van der Waals surface area contributed by atoms with Crippen LogP contribution in [0.15, 0.2) is 12.2 Å². The van der Waals surface area contributed by atoms with Crippen molar-refractivity contribution >= 4 is 11.9 Å². The Morgan fingerprint density at radius 2 is 1.05 bits per heavy atom. The van der Waals surface area contributed by atoms with Crippen molar-refractivity contribution in [2.45, 2.75) is 136 Å². The molecular weight excluding hydrogens is 496 g/mol. The summed E-state index contributed by atoms with van der Waals surface area (Å²) in [6.45, 7) is 20.9. The van der Waals surface area contributed by atoms with Crippen molar-refractivity contribution in [2.24, 2.45) is 23.7 Å². The van der Waals surface area contributed by atoms with E-state index in [9.17, 15) is 9.59 Å². The molecule has 8 nitrogen and oxygen atoms in total. The van der Waals surface area contributed by atoms with Crippen molar-refractivity contribution in [3.8, 4) is 0 Å². The van der Waals surface area contributed by atoms with E-state index in [1.807, 2.05) is 23.1 Å². The Bertz CT molecular complexity index is 890. The second-order valence-corrected chi connectivity index (χ2v) is 14.6. The summed E-state index contributed by atoms with van der Waals surface area (Å²) in [5.74, 6) is -1.71. The van der Waals surface area contributed by atoms with Crippen LogP contribution in [0.1, 0.15) is 101 Å². The third kappa shape index (κ3) is 6.55. The van der Waals surface area contributed by atoms with E-state index in [0.717, 1.165) is 6.42 Å². The van der Waals surface area contributed by atoms with Gasteiger partial charge in [0.1, 0.15) is 12.2 Å². The van der Waals surface area contributed by atoms with Crippen molar-refractivity contribution in [3.05, 3.63) is 12.2 Å². The maximum absolute atomic E-state index is 13.9. The molecule has 0 radical (unpaired) electrons. The van der Waals surface area contributed by atoms with E-state index in [-0.39, 0.29) is 58.1 Å². The zero-order valence-electron chi connectivity index (χ0n) is 26.5. The number of hydroxylamine groups is 4. The number of carbonyl (C=O) groups excluding carboxylic acids is 2. The van der Waals surface area contributed by atoms with Crippen molar-refractivity contribution in [1.29, 1.82) is 0 Å². The Morgan fingerprint density at radius 1 is 0.692 bits per heavy atom. The molecule has 8 heteroatoms. The highest BCUT2D eigenvalue weighted by Crippen LogP contribution is 2.47. The van der Waals surface area contributed by atoms with Crippen LogP contribution in [0.5, 0.6) is 0 Å². The normalized spacial score (nSPS) is 33.3. The van der Waals surface area contributed by atoms with Gasteiger partial charge in [0, 0.05) is 47.8 Å². The van der Waals surface area contributed by atoms with Crippen LogP contribution in [0.2, 0.25) is 0 Å². The van der Waals surface area contributed by atoms with E-state index in [4.69, 9.17) is 19.1 Å². The molecule has 0 N–H and O–H groups in total. The number of esters is 2. The molecule has 2 aliphatic heterocycles. The quantitative estimate of drug-likeness (QED) is 0.295. The SMILES string of the molecule is C/C=C\C1CC(C)C(C(=O)OC2CC(C)(C)N(OC)C(C)(C)C2)C1C(=O)OC1CC(C)(C)N(OC)C(C)(C)C1. The van der Waals surface area contributed by atoms with E-state index >= 15 is 0 Å². The molecular formula is C31H54N2O6. The third-order valence-corrected chi connectivity index (χ3v) is 9.13. The van der Waals surface area contributed by atoms with Crippen LogP contribution >= 0.6 is 0 Å². The summed E-state index contributed by atoms with van der Waals surface area (Å²) in [5.41, 5.74) is -1.21. The molecule has 0 aromatic carbocycles. The molecule has 0 spiro atoms. The van der Waals surface area contributed by atoms with Crippen LogP contribution in [-0.4, -0.2) is 70.6 Å². The first kappa shape index (κ1) is 32.0. The molecule has 0 aromatic heterocycles. The van der Waals surface area contributed by atoms with Crippen molar-refractivity contribution < 1.29 is 28.7 Å². The van der Waals surface area contributed by atoms with E-state index in [1.54, 1.807) is 14.2 Å². The number of hydrogen-bond donors (Lipinski definition) is 0. The highest BCUT2D eigenvalue weighted by molar-refractivity contribution is 5.84. The van der Waals surface area contributed by atoms with Gasteiger partial charge in [0.05, 0.1) is 26.1 Å². The second-order valence-electron chi connectivity index (χ2n) is 14.6. The number of carbonyl (C=O) groups is 2. The highest BCUT2D eigenvalue weighted by Gasteiger charge is 2.54. The van der Waals surface area contributed by atoms with Crippen LogP contribution < -0.4 is 0 Å². The monoisotopic (exact) mass is 550 g/mol. The number of ether oxygens (including phenoxy) is 2. The van der Waals surface area contributed by atoms with Gasteiger partial charge in [-0.3, -0.25) is 9.59 Å². The fourth-order valence-electron chi connectivity index (χ4n) is 8.47. The van der Waals surface area contributed by atoms with Crippen molar-refractivity contribution in [3.63, 3.8) is 0 Å². The first-order valence-corrected chi connectivity index (χ1v) is 14.6. The molecule has 3 aliphatic rings. The number of piperidine rings is 2. The van der Waals surface area contributed by atoms with E-state index in [1.165, 1.54) is 0 Å². The fourth-order valence-corrected chi connectivity index (χ4v) is 8.47. The molecule has 1 saturated carbocycles. The predicted octanol–water partition coefficient (Wildman–Crippen LogP) is 5.70. The molecule has 224 valence electrons. The zero-order valence-corrected chi connectivity index (χ0v) is 26.5. The molecule has 2 saturated heterocycles. The smallest absolute Gasteiger partial charge is 0.310 e. The van der Waals surface area contributed by atoms with Gasteiger partial charge in [-0.1, -0.05) is 19.1 Å². The summed E-state index contributed by atoms with van der Waals surface area (Å²) in [7, 11) is 3.38. The fraction of sp³-hybridized carbons (Fsp3) is 0.871. The lowest BCUT2D eigenvalue weighted by molar-refractivity contribution is -0.279. The first-order valence-electron chi connectivity index (χ1n) is 14.6. The lowest BCUT2D eigenvalue weighted by atomic mass is 9.79. The molecule has 4 unspecified atom stereocenters. The van der Waals surface area contributed by atoms with Crippen LogP contribution in [0.4, 0.5) is 0 Å². The van der Waals surface area contributed by atoms with E-state index in [0.29, 0.717) is 25.7 Å². The lowest BCUT2D eigenvalue weighted by Crippen LogP contribution is -2.62. The van der Waals surface area contributed by atoms with E-state index < -0.39 is 11.8 Å². The maximum Gasteiger partial charge on any atom is 0.310 e. The average Bonchev–Trinajstić information content (AvgIpc) is 3.06. The van der Waals surface area contributed by atoms with Gasteiger partial charge in [-0.15, -0.1) is 0 Å². The minimum atomic E-state index is -0.560. The minimum Gasteiger partial charge on any atom is -0.462 e. The minimum absolute atomic E-state index is 0.0135. The Kier molecular flexibility index (Phi) is 9.38. The van der Waals surface area contributed by atoms with Crippen molar-refractivity contribution in [1.82, 2.24) is 10.1 Å². The van der Waals surface area contributed by atoms with Crippen molar-refractivity contribution in [2.75, 3.05) is 14.2 Å². The molecule has 0 amide bonds. The molecule has 0 bridgehead atoms. The van der Waals surface area contributed by atoms with Crippen LogP contribution in [0, 0.1) is 23.7 Å². The number of rotatable bonds is 7. The van der Waals surface area contributed by atoms with Gasteiger partial charge >= 0.3 is 11.9 Å². The molecule has 4 atom stereocenters. The van der Waals surface area contributed by atoms with Gasteiger partial charge in [0.15, 0.2) is 0 Å². The largest absolute Gasteiger partial charge is 0.462 e. The van der Waals surface area contributed by atoms with Gasteiger partial charge < -0.3 is 19.1 Å². The summed E-state index contributed by atoms with van der Waals surface area (Å²) in [6, 6.07) is 0. The third-order valence-electron chi connectivity index (χ3n) is 9.13. The van der Waals surface area contributed by atoms with Gasteiger partial charge in [0.2, 0.25) is 0 Å². The Hall–Kier alpha value is -1.48. The van der Waals surface area contributed by atoms with Crippen LogP contribution in [-0.2, 0) is 28.7 Å². The number of hydrogen-bond acceptors (Lipinski definition) is 8. The summed E-state index contributed by atoms with van der Waals surface area (Å²) in [4.78, 5) is 39.1. The Balaban J connectivity index is 1.80. The molecule has 39 heavy (non-hydrogen) atoms. The molecule has 3 fully saturated rings. The molecule has 1 aliphatic carbocycles. The molecule has 0 aromatic rings. The summed E-state index contributed by atoms with van der Waals surface area (Å²) >= 11 is 0. The zero-order chi connectivity index (χ0) is 29.6. The highest BCUT2D eigenvalue weighted by atomic mass is 16.7. The first-order chi connectivity index (χ1) is 17.9. The average molecular weight is 551 g/mol. The molecule has 3 rings (SSSR count). The standard InChI is InChI=1S/C31H54N2O6/c1-13-14-21-15-20(2)24(26(34)38-22-16-28(3,4)32(36-11)29(5,6)17-22)25(21)27(35)39-23-18-30(7,8)33(37-12)31(9,10)19-23/h13-14,20-25H,15-19H2,1-12H3/b14-13-. The van der Waals surface area contributed by atoms with E-state index in [2.05, 4.69) is 68.4 Å². The number of allylic oxidation sites excluding steroid dienone is 2. The Morgan fingerprint density at radius 3 is 1.38 bits per heavy atom. The summed E-state index contributed by atoms with van der Waals surface area (Å²) < 4.78 is 12.5. The maximum atomic E-state index is 13.9. The Labute approximate surface area is 236 Å². The topological polar surface area (TPSA) is 77.5 Å². The molecule has 2 heterocycles. The van der Waals surface area contributed by atoms with Crippen LogP contribution in [0.3, 0.4) is 0 Å². The lowest BCUT2D eigenvalue weighted by Gasteiger charge is -2.53. The van der Waals surface area contributed by atoms with Gasteiger partial charge in [-0.05, 0) is 80.6 Å². The summed E-state index contributed by atoms with van der Waals surface area (Å²) in [6.07, 6.45) is 6.90. The second kappa shape index (κ2) is 11.4. The van der Waals surface area contributed by atoms with Gasteiger partial charge in [-0.25, -0.2) is 0 Å². The summed E-state index contributed by atoms with van der Waals surface area (Å²) in [5, 5.41) is 4.01. The number of nitrogens with zero attached hydrogens (tertiary/aromatic N) is 2. The van der Waals surface area contributed by atoms with Gasteiger partial charge in [0.25, 0.3) is 0 Å². The predicted molar refractivity (Wildman–Crippen MR) is 151 cm³/mol.